The number of hydrogen-bond donors (Lipinski definition) is 1. The van der Waals surface area contributed by atoms with Crippen molar-refractivity contribution in [1.29, 1.82) is 0 Å². The number of nitrogens with zero attached hydrogens (tertiary/aromatic N) is 1. The first-order chi connectivity index (χ1) is 8.79. The van der Waals surface area contributed by atoms with Gasteiger partial charge in [-0.05, 0) is 30.4 Å². The van der Waals surface area contributed by atoms with E-state index in [0.717, 1.165) is 23.7 Å². The topological polar surface area (TPSA) is 48.1 Å². The van der Waals surface area contributed by atoms with Crippen molar-refractivity contribution in [2.45, 2.75) is 51.0 Å². The van der Waals surface area contributed by atoms with Crippen LogP contribution in [0.5, 0.6) is 5.75 Å². The molecule has 3 nitrogen and oxygen atoms in total. The molecule has 1 heterocycles. The molecular weight excluding hydrogens is 224 g/mol. The van der Waals surface area contributed by atoms with Gasteiger partial charge in [0.1, 0.15) is 5.75 Å². The number of nitrogens with two attached hydrogens (primary N) is 1. The van der Waals surface area contributed by atoms with Gasteiger partial charge in [0.25, 0.3) is 0 Å². The summed E-state index contributed by atoms with van der Waals surface area (Å²) in [6.07, 6.45) is 12.9. The molecular formula is C15H24N2O. The van der Waals surface area contributed by atoms with E-state index < -0.39 is 0 Å². The van der Waals surface area contributed by atoms with Crippen molar-refractivity contribution >= 4 is 0 Å². The SMILES string of the molecule is COc1cncc(C(N)CCC2CCCCC2)c1. The standard InChI is InChI=1S/C15H24N2O/c1-18-14-9-13(10-17-11-14)15(16)8-7-12-5-3-2-4-6-12/h9-12,15H,2-8,16H2,1H3. The van der Waals surface area contributed by atoms with Gasteiger partial charge in [-0.3, -0.25) is 4.98 Å². The fourth-order valence-electron chi connectivity index (χ4n) is 2.81. The van der Waals surface area contributed by atoms with Crippen LogP contribution in [0.1, 0.15) is 56.6 Å². The van der Waals surface area contributed by atoms with Gasteiger partial charge in [0, 0.05) is 12.2 Å². The summed E-state index contributed by atoms with van der Waals surface area (Å²) in [4.78, 5) is 4.17. The maximum Gasteiger partial charge on any atom is 0.137 e. The van der Waals surface area contributed by atoms with Crippen LogP contribution < -0.4 is 10.5 Å². The maximum absolute atomic E-state index is 6.24. The Balaban J connectivity index is 1.84. The van der Waals surface area contributed by atoms with E-state index in [0.29, 0.717) is 0 Å². The summed E-state index contributed by atoms with van der Waals surface area (Å²) in [6, 6.07) is 2.09. The van der Waals surface area contributed by atoms with Crippen LogP contribution in [0.2, 0.25) is 0 Å². The first-order valence-corrected chi connectivity index (χ1v) is 7.04. The van der Waals surface area contributed by atoms with Gasteiger partial charge in [-0.15, -0.1) is 0 Å². The van der Waals surface area contributed by atoms with Gasteiger partial charge in [0.2, 0.25) is 0 Å². The van der Waals surface area contributed by atoms with E-state index in [9.17, 15) is 0 Å². The smallest absolute Gasteiger partial charge is 0.137 e. The molecule has 0 radical (unpaired) electrons. The molecule has 0 aromatic carbocycles. The van der Waals surface area contributed by atoms with E-state index in [1.165, 1.54) is 38.5 Å². The Morgan fingerprint density at radius 3 is 2.83 bits per heavy atom. The van der Waals surface area contributed by atoms with E-state index in [4.69, 9.17) is 10.5 Å². The van der Waals surface area contributed by atoms with E-state index in [1.807, 2.05) is 12.3 Å². The molecule has 2 rings (SSSR count). The summed E-state index contributed by atoms with van der Waals surface area (Å²) in [5.41, 5.74) is 7.33. The first-order valence-electron chi connectivity index (χ1n) is 7.04. The first kappa shape index (κ1) is 13.3. The molecule has 1 fully saturated rings. The third-order valence-electron chi connectivity index (χ3n) is 4.01. The molecule has 0 aliphatic heterocycles. The van der Waals surface area contributed by atoms with Crippen LogP contribution in [0, 0.1) is 5.92 Å². The number of methoxy groups -OCH3 is 1. The highest BCUT2D eigenvalue weighted by Gasteiger charge is 2.15. The lowest BCUT2D eigenvalue weighted by Crippen LogP contribution is -2.14. The summed E-state index contributed by atoms with van der Waals surface area (Å²) < 4.78 is 5.18. The van der Waals surface area contributed by atoms with Gasteiger partial charge >= 0.3 is 0 Å². The predicted molar refractivity (Wildman–Crippen MR) is 73.5 cm³/mol. The Morgan fingerprint density at radius 1 is 1.33 bits per heavy atom. The average molecular weight is 248 g/mol. The predicted octanol–water partition coefficient (Wildman–Crippen LogP) is 3.45. The lowest BCUT2D eigenvalue weighted by Gasteiger charge is -2.23. The summed E-state index contributed by atoms with van der Waals surface area (Å²) >= 11 is 0. The molecule has 18 heavy (non-hydrogen) atoms. The number of hydrogen-bond acceptors (Lipinski definition) is 3. The van der Waals surface area contributed by atoms with E-state index >= 15 is 0 Å². The van der Waals surface area contributed by atoms with Crippen molar-refractivity contribution in [3.63, 3.8) is 0 Å². The van der Waals surface area contributed by atoms with Gasteiger partial charge in [-0.2, -0.15) is 0 Å². The molecule has 1 saturated carbocycles. The highest BCUT2D eigenvalue weighted by Crippen LogP contribution is 2.30. The molecule has 1 aromatic heterocycles. The maximum atomic E-state index is 6.24. The molecule has 100 valence electrons. The Kier molecular flexibility index (Phi) is 5.00. The van der Waals surface area contributed by atoms with E-state index in [2.05, 4.69) is 4.98 Å². The fourth-order valence-corrected chi connectivity index (χ4v) is 2.81. The number of pyridine rings is 1. The molecule has 0 saturated heterocycles. The van der Waals surface area contributed by atoms with Crippen molar-refractivity contribution in [3.8, 4) is 5.75 Å². The van der Waals surface area contributed by atoms with Gasteiger partial charge < -0.3 is 10.5 Å². The Bertz CT molecular complexity index is 361. The molecule has 0 bridgehead atoms. The molecule has 1 aliphatic carbocycles. The highest BCUT2D eigenvalue weighted by atomic mass is 16.5. The third-order valence-corrected chi connectivity index (χ3v) is 4.01. The van der Waals surface area contributed by atoms with Crippen LogP contribution >= 0.6 is 0 Å². The number of rotatable bonds is 5. The zero-order valence-corrected chi connectivity index (χ0v) is 11.3. The van der Waals surface area contributed by atoms with E-state index in [1.54, 1.807) is 13.3 Å². The van der Waals surface area contributed by atoms with Crippen molar-refractivity contribution in [3.05, 3.63) is 24.0 Å². The lowest BCUT2D eigenvalue weighted by atomic mass is 9.85. The van der Waals surface area contributed by atoms with Gasteiger partial charge in [-0.1, -0.05) is 32.1 Å². The molecule has 1 atom stereocenters. The normalized spacial score (nSPS) is 18.6. The summed E-state index contributed by atoms with van der Waals surface area (Å²) in [5, 5.41) is 0. The zero-order valence-electron chi connectivity index (χ0n) is 11.3. The van der Waals surface area contributed by atoms with Crippen molar-refractivity contribution < 1.29 is 4.74 Å². The second-order valence-corrected chi connectivity index (χ2v) is 5.35. The van der Waals surface area contributed by atoms with Crippen molar-refractivity contribution in [1.82, 2.24) is 4.98 Å². The van der Waals surface area contributed by atoms with Crippen LogP contribution in [-0.2, 0) is 0 Å². The van der Waals surface area contributed by atoms with Crippen LogP contribution in [0.15, 0.2) is 18.5 Å². The minimum atomic E-state index is 0.0922. The average Bonchev–Trinajstić information content (AvgIpc) is 2.46. The lowest BCUT2D eigenvalue weighted by molar-refractivity contribution is 0.323. The molecule has 3 heteroatoms. The van der Waals surface area contributed by atoms with Crippen LogP contribution in [-0.4, -0.2) is 12.1 Å². The molecule has 1 unspecified atom stereocenters. The molecule has 0 amide bonds. The molecule has 0 spiro atoms. The monoisotopic (exact) mass is 248 g/mol. The van der Waals surface area contributed by atoms with Crippen molar-refractivity contribution in [2.75, 3.05) is 7.11 Å². The zero-order chi connectivity index (χ0) is 12.8. The number of ether oxygens (including phenoxy) is 1. The van der Waals surface area contributed by atoms with Crippen LogP contribution in [0.4, 0.5) is 0 Å². The van der Waals surface area contributed by atoms with Gasteiger partial charge in [0.15, 0.2) is 0 Å². The highest BCUT2D eigenvalue weighted by molar-refractivity contribution is 5.25. The molecule has 1 aromatic rings. The third kappa shape index (κ3) is 3.70. The van der Waals surface area contributed by atoms with Crippen LogP contribution in [0.3, 0.4) is 0 Å². The second kappa shape index (κ2) is 6.74. The van der Waals surface area contributed by atoms with Gasteiger partial charge in [0.05, 0.1) is 13.3 Å². The Labute approximate surface area is 110 Å². The van der Waals surface area contributed by atoms with Gasteiger partial charge in [-0.25, -0.2) is 0 Å². The minimum Gasteiger partial charge on any atom is -0.495 e. The minimum absolute atomic E-state index is 0.0922. The molecule has 1 aliphatic rings. The quantitative estimate of drug-likeness (QED) is 0.868. The molecule has 2 N–H and O–H groups in total. The summed E-state index contributed by atoms with van der Waals surface area (Å²) in [7, 11) is 1.66. The Hall–Kier alpha value is -1.09. The van der Waals surface area contributed by atoms with Crippen molar-refractivity contribution in [2.24, 2.45) is 11.7 Å². The van der Waals surface area contributed by atoms with Crippen LogP contribution in [0.25, 0.3) is 0 Å². The van der Waals surface area contributed by atoms with E-state index in [-0.39, 0.29) is 6.04 Å². The summed E-state index contributed by atoms with van der Waals surface area (Å²) in [6.45, 7) is 0. The largest absolute Gasteiger partial charge is 0.495 e. The summed E-state index contributed by atoms with van der Waals surface area (Å²) in [5.74, 6) is 1.68. The second-order valence-electron chi connectivity index (χ2n) is 5.35. The Morgan fingerprint density at radius 2 is 2.11 bits per heavy atom. The fraction of sp³-hybridized carbons (Fsp3) is 0.667. The number of aromatic nitrogens is 1.